The molecule has 186 valence electrons. The van der Waals surface area contributed by atoms with Gasteiger partial charge in [-0.2, -0.15) is 13.2 Å². The first-order chi connectivity index (χ1) is 17.3. The van der Waals surface area contributed by atoms with Gasteiger partial charge in [0.25, 0.3) is 0 Å². The molecule has 0 saturated carbocycles. The second-order valence-electron chi connectivity index (χ2n) is 8.86. The molecule has 1 saturated heterocycles. The van der Waals surface area contributed by atoms with Gasteiger partial charge < -0.3 is 9.80 Å². The zero-order valence-electron chi connectivity index (χ0n) is 19.7. The molecular formula is C29H27F3N2O2. The Kier molecular flexibility index (Phi) is 7.88. The number of alkyl halides is 3. The second-order valence-corrected chi connectivity index (χ2v) is 8.86. The summed E-state index contributed by atoms with van der Waals surface area (Å²) in [6.07, 6.45) is -0.0241. The maximum atomic E-state index is 13.2. The minimum absolute atomic E-state index is 0.0596. The van der Waals surface area contributed by atoms with Crippen molar-refractivity contribution in [2.24, 2.45) is 0 Å². The fourth-order valence-corrected chi connectivity index (χ4v) is 4.37. The summed E-state index contributed by atoms with van der Waals surface area (Å²) in [5, 5.41) is 0. The smallest absolute Gasteiger partial charge is 0.332 e. The number of aryl methyl sites for hydroxylation is 1. The van der Waals surface area contributed by atoms with Crippen LogP contribution in [0.25, 0.3) is 6.08 Å². The standard InChI is InChI=1S/C29H27F3N2O2/c30-29(31,32)25-13-7-12-24(18-25)19-34-26(16-14-22-8-3-1-4-9-22)20-33(21-28(34)36)27(35)17-15-23-10-5-2-6-11-23/h1-13,15,17-18,26H,14,16,19-21H2/b17-15+/t26-/m0/s1. The van der Waals surface area contributed by atoms with E-state index in [4.69, 9.17) is 0 Å². The summed E-state index contributed by atoms with van der Waals surface area (Å²) in [6, 6.07) is 23.9. The first kappa shape index (κ1) is 25.2. The Balaban J connectivity index is 1.52. The molecule has 3 aromatic carbocycles. The predicted molar refractivity (Wildman–Crippen MR) is 133 cm³/mol. The fourth-order valence-electron chi connectivity index (χ4n) is 4.37. The number of amides is 2. The van der Waals surface area contributed by atoms with Gasteiger partial charge in [0.05, 0.1) is 11.6 Å². The van der Waals surface area contributed by atoms with Crippen LogP contribution < -0.4 is 0 Å². The lowest BCUT2D eigenvalue weighted by atomic mass is 10.00. The number of halogens is 3. The third-order valence-corrected chi connectivity index (χ3v) is 6.26. The summed E-state index contributed by atoms with van der Waals surface area (Å²) >= 11 is 0. The van der Waals surface area contributed by atoms with Crippen LogP contribution in [0.1, 0.15) is 28.7 Å². The Bertz CT molecular complexity index is 1210. The average Bonchev–Trinajstić information content (AvgIpc) is 2.88. The number of hydrogen-bond acceptors (Lipinski definition) is 2. The minimum atomic E-state index is -4.46. The van der Waals surface area contributed by atoms with E-state index in [9.17, 15) is 22.8 Å². The van der Waals surface area contributed by atoms with Crippen molar-refractivity contribution in [3.63, 3.8) is 0 Å². The molecule has 1 atom stereocenters. The molecule has 7 heteroatoms. The largest absolute Gasteiger partial charge is 0.416 e. The van der Waals surface area contributed by atoms with Crippen LogP contribution in [0.2, 0.25) is 0 Å². The molecule has 0 bridgehead atoms. The zero-order chi connectivity index (χ0) is 25.5. The molecule has 0 aromatic heterocycles. The van der Waals surface area contributed by atoms with Gasteiger partial charge in [-0.3, -0.25) is 9.59 Å². The van der Waals surface area contributed by atoms with Crippen molar-refractivity contribution < 1.29 is 22.8 Å². The van der Waals surface area contributed by atoms with E-state index in [2.05, 4.69) is 0 Å². The van der Waals surface area contributed by atoms with E-state index < -0.39 is 11.7 Å². The highest BCUT2D eigenvalue weighted by molar-refractivity contribution is 5.95. The van der Waals surface area contributed by atoms with Crippen molar-refractivity contribution in [1.29, 1.82) is 0 Å². The third-order valence-electron chi connectivity index (χ3n) is 6.26. The Morgan fingerprint density at radius 3 is 2.28 bits per heavy atom. The normalized spacial score (nSPS) is 16.5. The van der Waals surface area contributed by atoms with Gasteiger partial charge in [0.15, 0.2) is 0 Å². The molecule has 1 aliphatic rings. The van der Waals surface area contributed by atoms with Gasteiger partial charge in [-0.25, -0.2) is 0 Å². The summed E-state index contributed by atoms with van der Waals surface area (Å²) in [5.74, 6) is -0.547. The van der Waals surface area contributed by atoms with Crippen LogP contribution in [0.3, 0.4) is 0 Å². The van der Waals surface area contributed by atoms with Crippen LogP contribution in [-0.2, 0) is 28.7 Å². The second kappa shape index (κ2) is 11.2. The zero-order valence-corrected chi connectivity index (χ0v) is 19.7. The molecule has 4 rings (SSSR count). The molecule has 4 nitrogen and oxygen atoms in total. The molecular weight excluding hydrogens is 465 g/mol. The molecule has 1 fully saturated rings. The molecule has 0 radical (unpaired) electrons. The molecule has 36 heavy (non-hydrogen) atoms. The van der Waals surface area contributed by atoms with Crippen molar-refractivity contribution in [2.45, 2.75) is 31.6 Å². The van der Waals surface area contributed by atoms with Gasteiger partial charge in [0.1, 0.15) is 6.54 Å². The monoisotopic (exact) mass is 492 g/mol. The Morgan fingerprint density at radius 1 is 0.917 bits per heavy atom. The van der Waals surface area contributed by atoms with E-state index in [0.717, 1.165) is 23.3 Å². The van der Waals surface area contributed by atoms with Gasteiger partial charge in [-0.05, 0) is 47.7 Å². The van der Waals surface area contributed by atoms with Crippen molar-refractivity contribution in [3.05, 3.63) is 113 Å². The number of carbonyl (C=O) groups excluding carboxylic acids is 2. The molecule has 0 N–H and O–H groups in total. The lowest BCUT2D eigenvalue weighted by Crippen LogP contribution is -2.57. The number of rotatable bonds is 7. The Hall–Kier alpha value is -3.87. The Labute approximate surface area is 208 Å². The number of piperazine rings is 1. The molecule has 0 aliphatic carbocycles. The molecule has 0 spiro atoms. The molecule has 1 aliphatic heterocycles. The number of nitrogens with zero attached hydrogens (tertiary/aromatic N) is 2. The highest BCUT2D eigenvalue weighted by Gasteiger charge is 2.35. The van der Waals surface area contributed by atoms with E-state index in [1.165, 1.54) is 17.0 Å². The van der Waals surface area contributed by atoms with Crippen LogP contribution in [0.5, 0.6) is 0 Å². The maximum absolute atomic E-state index is 13.2. The third kappa shape index (κ3) is 6.62. The van der Waals surface area contributed by atoms with Crippen LogP contribution >= 0.6 is 0 Å². The summed E-state index contributed by atoms with van der Waals surface area (Å²) < 4.78 is 39.6. The van der Waals surface area contributed by atoms with Gasteiger partial charge in [0, 0.05) is 19.2 Å². The molecule has 0 unspecified atom stereocenters. The summed E-state index contributed by atoms with van der Waals surface area (Å²) in [5.41, 5.74) is 1.64. The fraction of sp³-hybridized carbons (Fsp3) is 0.241. The predicted octanol–water partition coefficient (Wildman–Crippen LogP) is 5.59. The lowest BCUT2D eigenvalue weighted by Gasteiger charge is -2.41. The quantitative estimate of drug-likeness (QED) is 0.404. The van der Waals surface area contributed by atoms with E-state index in [1.54, 1.807) is 17.0 Å². The van der Waals surface area contributed by atoms with Crippen molar-refractivity contribution >= 4 is 17.9 Å². The van der Waals surface area contributed by atoms with Crippen LogP contribution in [0.15, 0.2) is 91.0 Å². The summed E-state index contributed by atoms with van der Waals surface area (Å²) in [6.45, 7) is 0.262. The van der Waals surface area contributed by atoms with Crippen LogP contribution in [-0.4, -0.2) is 40.7 Å². The minimum Gasteiger partial charge on any atom is -0.332 e. The topological polar surface area (TPSA) is 40.6 Å². The first-order valence-electron chi connectivity index (χ1n) is 11.8. The average molecular weight is 493 g/mol. The van der Waals surface area contributed by atoms with Gasteiger partial charge in [-0.1, -0.05) is 72.8 Å². The van der Waals surface area contributed by atoms with Crippen LogP contribution in [0, 0.1) is 0 Å². The Morgan fingerprint density at radius 2 is 1.58 bits per heavy atom. The van der Waals surface area contributed by atoms with E-state index in [-0.39, 0.29) is 30.9 Å². The highest BCUT2D eigenvalue weighted by atomic mass is 19.4. The van der Waals surface area contributed by atoms with Crippen molar-refractivity contribution in [1.82, 2.24) is 9.80 Å². The van der Waals surface area contributed by atoms with Crippen molar-refractivity contribution in [2.75, 3.05) is 13.1 Å². The van der Waals surface area contributed by atoms with E-state index in [0.29, 0.717) is 24.9 Å². The van der Waals surface area contributed by atoms with Gasteiger partial charge in [0.2, 0.25) is 11.8 Å². The maximum Gasteiger partial charge on any atom is 0.416 e. The number of carbonyl (C=O) groups is 2. The molecule has 1 heterocycles. The summed E-state index contributed by atoms with van der Waals surface area (Å²) in [7, 11) is 0. The highest BCUT2D eigenvalue weighted by Crippen LogP contribution is 2.30. The van der Waals surface area contributed by atoms with Gasteiger partial charge in [-0.15, -0.1) is 0 Å². The van der Waals surface area contributed by atoms with E-state index >= 15 is 0 Å². The first-order valence-corrected chi connectivity index (χ1v) is 11.8. The number of hydrogen-bond donors (Lipinski definition) is 0. The van der Waals surface area contributed by atoms with E-state index in [1.807, 2.05) is 60.7 Å². The lowest BCUT2D eigenvalue weighted by molar-refractivity contribution is -0.147. The SMILES string of the molecule is O=C(/C=C/c1ccccc1)N1CC(=O)N(Cc2cccc(C(F)(F)F)c2)[C@@H](CCc2ccccc2)C1. The molecule has 3 aromatic rings. The summed E-state index contributed by atoms with van der Waals surface area (Å²) in [4.78, 5) is 29.2. The van der Waals surface area contributed by atoms with Crippen molar-refractivity contribution in [3.8, 4) is 0 Å². The van der Waals surface area contributed by atoms with Gasteiger partial charge >= 0.3 is 6.18 Å². The molecule has 2 amide bonds. The van der Waals surface area contributed by atoms with Crippen LogP contribution in [0.4, 0.5) is 13.2 Å². The number of benzene rings is 3.